The number of amides is 1. The summed E-state index contributed by atoms with van der Waals surface area (Å²) in [5.41, 5.74) is 0. The zero-order valence-electron chi connectivity index (χ0n) is 39.6. The van der Waals surface area contributed by atoms with Crippen molar-refractivity contribution in [1.82, 2.24) is 5.32 Å². The van der Waals surface area contributed by atoms with E-state index in [4.69, 9.17) is 4.74 Å². The van der Waals surface area contributed by atoms with Gasteiger partial charge in [-0.2, -0.15) is 0 Å². The number of carbonyl (C=O) groups is 2. The second-order valence-corrected chi connectivity index (χ2v) is 17.2. The van der Waals surface area contributed by atoms with Crippen molar-refractivity contribution in [2.75, 3.05) is 6.61 Å². The first-order chi connectivity index (χ1) is 29.5. The SMILES string of the molecule is CC/C=C\C/C=C\C/C=C\C/C=C\C/C=C\CCCC(=O)OC(CCCCCCCCCCCCCC)CC(=O)NC(CO)C(O)CCCCCCCCCCCCCC. The van der Waals surface area contributed by atoms with E-state index in [0.29, 0.717) is 25.7 Å². The van der Waals surface area contributed by atoms with E-state index < -0.39 is 18.2 Å². The summed E-state index contributed by atoms with van der Waals surface area (Å²) in [4.78, 5) is 26.1. The van der Waals surface area contributed by atoms with Crippen LogP contribution in [-0.4, -0.2) is 46.9 Å². The molecule has 6 nitrogen and oxygen atoms in total. The fourth-order valence-electron chi connectivity index (χ4n) is 7.52. The van der Waals surface area contributed by atoms with E-state index in [1.54, 1.807) is 0 Å². The molecule has 0 heterocycles. The van der Waals surface area contributed by atoms with Crippen LogP contribution in [0.1, 0.15) is 245 Å². The van der Waals surface area contributed by atoms with Gasteiger partial charge < -0.3 is 20.3 Å². The monoisotopic (exact) mass is 840 g/mol. The zero-order valence-corrected chi connectivity index (χ0v) is 39.6. The molecule has 1 amide bonds. The summed E-state index contributed by atoms with van der Waals surface area (Å²) in [6, 6.07) is -0.711. The van der Waals surface area contributed by atoms with Gasteiger partial charge in [0.25, 0.3) is 0 Å². The fraction of sp³-hybridized carbons (Fsp3) is 0.778. The molecule has 6 heteroatoms. The minimum Gasteiger partial charge on any atom is -0.462 e. The highest BCUT2D eigenvalue weighted by atomic mass is 16.5. The number of unbranched alkanes of at least 4 members (excludes halogenated alkanes) is 23. The van der Waals surface area contributed by atoms with Gasteiger partial charge in [0.2, 0.25) is 5.91 Å². The van der Waals surface area contributed by atoms with Crippen molar-refractivity contribution < 1.29 is 24.5 Å². The van der Waals surface area contributed by atoms with Crippen molar-refractivity contribution in [3.63, 3.8) is 0 Å². The number of rotatable bonds is 45. The number of hydrogen-bond acceptors (Lipinski definition) is 5. The summed E-state index contributed by atoms with van der Waals surface area (Å²) in [7, 11) is 0. The molecule has 0 spiro atoms. The van der Waals surface area contributed by atoms with Crippen molar-refractivity contribution in [3.8, 4) is 0 Å². The Morgan fingerprint density at radius 3 is 1.30 bits per heavy atom. The summed E-state index contributed by atoms with van der Waals surface area (Å²) in [6.07, 6.45) is 58.5. The van der Waals surface area contributed by atoms with Gasteiger partial charge in [0.1, 0.15) is 6.10 Å². The lowest BCUT2D eigenvalue weighted by molar-refractivity contribution is -0.151. The maximum atomic E-state index is 13.2. The zero-order chi connectivity index (χ0) is 43.8. The second kappa shape index (κ2) is 47.6. The first-order valence-electron chi connectivity index (χ1n) is 25.5. The standard InChI is InChI=1S/C54H97NO5/c1-4-7-10-13-16-19-22-25-26-27-28-29-32-35-38-41-44-47-54(59)60-50(45-42-39-36-33-30-23-20-17-14-11-8-5-2)48-53(58)55-51(49-56)52(57)46-43-40-37-34-31-24-21-18-15-12-9-6-3/h7,10,16,19,25-26,28-29,35,38,50-52,56-57H,4-6,8-9,11-15,17-18,20-24,27,30-34,36-37,39-49H2,1-3H3,(H,55,58)/b10-7-,19-16-,26-25-,29-28-,38-35-. The van der Waals surface area contributed by atoms with Crippen LogP contribution >= 0.6 is 0 Å². The average molecular weight is 840 g/mol. The molecule has 0 fully saturated rings. The highest BCUT2D eigenvalue weighted by molar-refractivity contribution is 5.77. The number of allylic oxidation sites excluding steroid dienone is 10. The van der Waals surface area contributed by atoms with Crippen molar-refractivity contribution >= 4 is 11.9 Å². The van der Waals surface area contributed by atoms with Crippen molar-refractivity contribution in [2.45, 2.75) is 264 Å². The predicted octanol–water partition coefficient (Wildman–Crippen LogP) is 15.2. The van der Waals surface area contributed by atoms with Crippen LogP contribution in [0.2, 0.25) is 0 Å². The van der Waals surface area contributed by atoms with Crippen LogP contribution in [0.5, 0.6) is 0 Å². The topological polar surface area (TPSA) is 95.9 Å². The highest BCUT2D eigenvalue weighted by Gasteiger charge is 2.24. The molecule has 0 radical (unpaired) electrons. The van der Waals surface area contributed by atoms with Crippen LogP contribution in [-0.2, 0) is 14.3 Å². The summed E-state index contributed by atoms with van der Waals surface area (Å²) >= 11 is 0. The Kier molecular flexibility index (Phi) is 45.7. The third-order valence-electron chi connectivity index (χ3n) is 11.4. The Labute approximate surface area is 371 Å². The second-order valence-electron chi connectivity index (χ2n) is 17.2. The smallest absolute Gasteiger partial charge is 0.306 e. The van der Waals surface area contributed by atoms with E-state index in [1.807, 2.05) is 0 Å². The van der Waals surface area contributed by atoms with Gasteiger partial charge >= 0.3 is 5.97 Å². The van der Waals surface area contributed by atoms with Crippen molar-refractivity contribution in [3.05, 3.63) is 60.8 Å². The molecular formula is C54H97NO5. The third kappa shape index (κ3) is 42.3. The number of ether oxygens (including phenoxy) is 1. The minimum absolute atomic E-state index is 0.0559. The molecule has 0 aliphatic carbocycles. The molecule has 0 aliphatic rings. The largest absolute Gasteiger partial charge is 0.462 e. The quantitative estimate of drug-likeness (QED) is 0.0322. The molecule has 0 saturated heterocycles. The lowest BCUT2D eigenvalue weighted by Gasteiger charge is -2.24. The Hall–Kier alpha value is -2.44. The van der Waals surface area contributed by atoms with Crippen LogP contribution < -0.4 is 5.32 Å². The predicted molar refractivity (Wildman–Crippen MR) is 259 cm³/mol. The van der Waals surface area contributed by atoms with Crippen molar-refractivity contribution in [2.24, 2.45) is 0 Å². The van der Waals surface area contributed by atoms with E-state index in [2.05, 4.69) is 86.8 Å². The van der Waals surface area contributed by atoms with Gasteiger partial charge in [0, 0.05) is 6.42 Å². The molecule has 0 aromatic heterocycles. The maximum absolute atomic E-state index is 13.2. The van der Waals surface area contributed by atoms with E-state index in [-0.39, 0.29) is 24.9 Å². The molecule has 60 heavy (non-hydrogen) atoms. The highest BCUT2D eigenvalue weighted by Crippen LogP contribution is 2.18. The van der Waals surface area contributed by atoms with Crippen LogP contribution in [0.4, 0.5) is 0 Å². The summed E-state index contributed by atoms with van der Waals surface area (Å²) in [6.45, 7) is 6.35. The minimum atomic E-state index is -0.796. The molecule has 0 aliphatic heterocycles. The Morgan fingerprint density at radius 2 is 0.883 bits per heavy atom. The van der Waals surface area contributed by atoms with Crippen LogP contribution in [0.3, 0.4) is 0 Å². The van der Waals surface area contributed by atoms with Gasteiger partial charge in [-0.05, 0) is 64.2 Å². The molecule has 348 valence electrons. The first-order valence-corrected chi connectivity index (χ1v) is 25.5. The normalized spacial score (nSPS) is 13.8. The number of aliphatic hydroxyl groups excluding tert-OH is 2. The van der Waals surface area contributed by atoms with E-state index in [9.17, 15) is 19.8 Å². The van der Waals surface area contributed by atoms with Gasteiger partial charge in [-0.25, -0.2) is 0 Å². The third-order valence-corrected chi connectivity index (χ3v) is 11.4. The number of nitrogens with one attached hydrogen (secondary N) is 1. The Balaban J connectivity index is 4.65. The van der Waals surface area contributed by atoms with Crippen molar-refractivity contribution in [1.29, 1.82) is 0 Å². The van der Waals surface area contributed by atoms with E-state index >= 15 is 0 Å². The molecule has 3 unspecified atom stereocenters. The van der Waals surface area contributed by atoms with Gasteiger partial charge in [-0.3, -0.25) is 9.59 Å². The molecule has 0 saturated carbocycles. The molecule has 0 rings (SSSR count). The summed E-state index contributed by atoms with van der Waals surface area (Å²) in [5, 5.41) is 23.7. The molecule has 3 N–H and O–H groups in total. The molecule has 0 bridgehead atoms. The molecule has 3 atom stereocenters. The number of aliphatic hydroxyl groups is 2. The van der Waals surface area contributed by atoms with Crippen LogP contribution in [0.15, 0.2) is 60.8 Å². The summed E-state index contributed by atoms with van der Waals surface area (Å²) in [5.74, 6) is -0.539. The lowest BCUT2D eigenvalue weighted by Crippen LogP contribution is -2.46. The van der Waals surface area contributed by atoms with Crippen LogP contribution in [0, 0.1) is 0 Å². The van der Waals surface area contributed by atoms with Crippen LogP contribution in [0.25, 0.3) is 0 Å². The van der Waals surface area contributed by atoms with Gasteiger partial charge in [0.05, 0.1) is 25.2 Å². The maximum Gasteiger partial charge on any atom is 0.306 e. The van der Waals surface area contributed by atoms with E-state index in [1.165, 1.54) is 116 Å². The lowest BCUT2D eigenvalue weighted by atomic mass is 10.0. The number of carbonyl (C=O) groups excluding carboxylic acids is 2. The average Bonchev–Trinajstić information content (AvgIpc) is 3.24. The molecule has 0 aromatic carbocycles. The van der Waals surface area contributed by atoms with E-state index in [0.717, 1.165) is 77.0 Å². The molecule has 0 aromatic rings. The fourth-order valence-corrected chi connectivity index (χ4v) is 7.52. The number of hydrogen-bond donors (Lipinski definition) is 3. The Bertz CT molecular complexity index is 1080. The van der Waals surface area contributed by atoms with Gasteiger partial charge in [0.15, 0.2) is 0 Å². The van der Waals surface area contributed by atoms with Gasteiger partial charge in [-0.15, -0.1) is 0 Å². The number of esters is 1. The Morgan fingerprint density at radius 1 is 0.500 bits per heavy atom. The molecular weight excluding hydrogens is 743 g/mol. The summed E-state index contributed by atoms with van der Waals surface area (Å²) < 4.78 is 5.90. The first kappa shape index (κ1) is 57.6. The van der Waals surface area contributed by atoms with Gasteiger partial charge in [-0.1, -0.05) is 229 Å².